The van der Waals surface area contributed by atoms with Crippen LogP contribution in [0.1, 0.15) is 31.9 Å². The van der Waals surface area contributed by atoms with Gasteiger partial charge in [0.1, 0.15) is 18.3 Å². The fraction of sp³-hybridized carbons (Fsp3) is 0.333. The molecule has 1 atom stereocenters. The van der Waals surface area contributed by atoms with E-state index in [4.69, 9.17) is 4.74 Å². The Hall–Kier alpha value is -3.37. The molecule has 0 spiro atoms. The molecule has 0 heterocycles. The minimum atomic E-state index is -3.85. The lowest BCUT2D eigenvalue weighted by atomic mass is 10.0. The Morgan fingerprint density at radius 2 is 1.57 bits per heavy atom. The first-order valence-electron chi connectivity index (χ1n) is 12.8. The Morgan fingerprint density at radius 1 is 0.950 bits per heavy atom. The van der Waals surface area contributed by atoms with E-state index in [1.165, 1.54) is 4.90 Å². The molecule has 0 unspecified atom stereocenters. The Labute approximate surface area is 245 Å². The quantitative estimate of drug-likeness (QED) is 0.329. The van der Waals surface area contributed by atoms with Gasteiger partial charge in [0, 0.05) is 23.0 Å². The van der Waals surface area contributed by atoms with Gasteiger partial charge in [-0.2, -0.15) is 0 Å². The Morgan fingerprint density at radius 3 is 2.17 bits per heavy atom. The van der Waals surface area contributed by atoms with Gasteiger partial charge in [-0.25, -0.2) is 8.42 Å². The summed E-state index contributed by atoms with van der Waals surface area (Å²) in [5.41, 5.74) is 1.38. The van der Waals surface area contributed by atoms with Crippen molar-refractivity contribution in [2.45, 2.75) is 45.3 Å². The van der Waals surface area contributed by atoms with Gasteiger partial charge in [0.25, 0.3) is 0 Å². The van der Waals surface area contributed by atoms with Crippen LogP contribution in [0.5, 0.6) is 5.75 Å². The van der Waals surface area contributed by atoms with Gasteiger partial charge in [0.15, 0.2) is 0 Å². The second-order valence-electron chi connectivity index (χ2n) is 10.5. The van der Waals surface area contributed by atoms with Crippen molar-refractivity contribution in [1.82, 2.24) is 10.2 Å². The smallest absolute Gasteiger partial charge is 0.244 e. The summed E-state index contributed by atoms with van der Waals surface area (Å²) >= 11 is 3.41. The van der Waals surface area contributed by atoms with Gasteiger partial charge in [-0.3, -0.25) is 13.9 Å². The number of carbonyl (C=O) groups excluding carboxylic acids is 2. The van der Waals surface area contributed by atoms with Gasteiger partial charge in [-0.1, -0.05) is 54.6 Å². The maximum absolute atomic E-state index is 14.1. The molecule has 0 bridgehead atoms. The number of amides is 2. The number of hydrogen-bond acceptors (Lipinski definition) is 5. The second-order valence-corrected chi connectivity index (χ2v) is 13.3. The second kappa shape index (κ2) is 13.3. The predicted octanol–water partition coefficient (Wildman–Crippen LogP) is 4.78. The summed E-state index contributed by atoms with van der Waals surface area (Å²) in [6.45, 7) is 5.20. The number of hydrogen-bond donors (Lipinski definition) is 1. The van der Waals surface area contributed by atoms with Crippen LogP contribution in [0, 0.1) is 0 Å². The molecule has 0 saturated heterocycles. The lowest BCUT2D eigenvalue weighted by molar-refractivity contribution is -0.140. The summed E-state index contributed by atoms with van der Waals surface area (Å²) in [6.07, 6.45) is 1.30. The Kier molecular flexibility index (Phi) is 10.4. The molecule has 3 aromatic carbocycles. The number of nitrogens with zero attached hydrogens (tertiary/aromatic N) is 2. The van der Waals surface area contributed by atoms with E-state index >= 15 is 0 Å². The number of para-hydroxylation sites is 1. The lowest BCUT2D eigenvalue weighted by Gasteiger charge is -2.35. The van der Waals surface area contributed by atoms with E-state index in [9.17, 15) is 18.0 Å². The minimum Gasteiger partial charge on any atom is -0.497 e. The number of benzene rings is 3. The van der Waals surface area contributed by atoms with Crippen molar-refractivity contribution in [2.75, 3.05) is 24.2 Å². The van der Waals surface area contributed by atoms with Crippen molar-refractivity contribution >= 4 is 43.5 Å². The molecule has 0 aliphatic rings. The first-order chi connectivity index (χ1) is 18.8. The molecule has 1 N–H and O–H groups in total. The molecule has 214 valence electrons. The number of carbonyl (C=O) groups is 2. The van der Waals surface area contributed by atoms with E-state index in [1.54, 1.807) is 43.5 Å². The third kappa shape index (κ3) is 8.82. The number of anilines is 1. The molecule has 40 heavy (non-hydrogen) atoms. The molecule has 10 heteroatoms. The number of methoxy groups -OCH3 is 1. The highest BCUT2D eigenvalue weighted by molar-refractivity contribution is 9.10. The molecule has 0 aromatic heterocycles. The van der Waals surface area contributed by atoms with Crippen molar-refractivity contribution < 1.29 is 22.7 Å². The highest BCUT2D eigenvalue weighted by atomic mass is 79.9. The van der Waals surface area contributed by atoms with E-state index in [2.05, 4.69) is 21.2 Å². The summed E-state index contributed by atoms with van der Waals surface area (Å²) < 4.78 is 32.8. The number of sulfonamides is 1. The van der Waals surface area contributed by atoms with Gasteiger partial charge < -0.3 is 15.0 Å². The summed E-state index contributed by atoms with van der Waals surface area (Å²) in [6, 6.07) is 22.5. The van der Waals surface area contributed by atoms with Gasteiger partial charge in [0.2, 0.25) is 21.8 Å². The largest absolute Gasteiger partial charge is 0.497 e. The SMILES string of the molecule is COc1cccc(CN(C(=O)CN(c2ccccc2Br)S(C)(=O)=O)[C@@H](Cc2ccccc2)C(=O)NC(C)(C)C)c1. The van der Waals surface area contributed by atoms with E-state index in [0.717, 1.165) is 21.7 Å². The highest BCUT2D eigenvalue weighted by Gasteiger charge is 2.34. The van der Waals surface area contributed by atoms with Gasteiger partial charge in [-0.05, 0) is 72.1 Å². The highest BCUT2D eigenvalue weighted by Crippen LogP contribution is 2.28. The molecule has 3 rings (SSSR count). The predicted molar refractivity (Wildman–Crippen MR) is 162 cm³/mol. The fourth-order valence-corrected chi connectivity index (χ4v) is 5.70. The van der Waals surface area contributed by atoms with Gasteiger partial charge in [-0.15, -0.1) is 0 Å². The van der Waals surface area contributed by atoms with E-state index < -0.39 is 34.1 Å². The van der Waals surface area contributed by atoms with Crippen LogP contribution in [0.15, 0.2) is 83.3 Å². The molecule has 0 saturated carbocycles. The van der Waals surface area contributed by atoms with Crippen molar-refractivity contribution in [2.24, 2.45) is 0 Å². The number of halogens is 1. The van der Waals surface area contributed by atoms with Crippen LogP contribution in [-0.2, 0) is 32.6 Å². The average Bonchev–Trinajstić information content (AvgIpc) is 2.88. The molecular formula is C30H36BrN3O5S. The zero-order chi connectivity index (χ0) is 29.5. The minimum absolute atomic E-state index is 0.0681. The van der Waals surface area contributed by atoms with Crippen LogP contribution < -0.4 is 14.4 Å². The van der Waals surface area contributed by atoms with Crippen molar-refractivity contribution in [3.63, 3.8) is 0 Å². The lowest BCUT2D eigenvalue weighted by Crippen LogP contribution is -2.56. The third-order valence-corrected chi connectivity index (χ3v) is 7.85. The number of nitrogens with one attached hydrogen (secondary N) is 1. The molecule has 8 nitrogen and oxygen atoms in total. The van der Waals surface area contributed by atoms with Crippen molar-refractivity contribution in [1.29, 1.82) is 0 Å². The summed E-state index contributed by atoms with van der Waals surface area (Å²) in [5, 5.41) is 3.01. The topological polar surface area (TPSA) is 96.0 Å². The van der Waals surface area contributed by atoms with Gasteiger partial charge in [0.05, 0.1) is 19.1 Å². The summed E-state index contributed by atoms with van der Waals surface area (Å²) in [7, 11) is -2.30. The van der Waals surface area contributed by atoms with Crippen LogP contribution in [0.3, 0.4) is 0 Å². The van der Waals surface area contributed by atoms with E-state index in [0.29, 0.717) is 15.9 Å². The van der Waals surface area contributed by atoms with Crippen LogP contribution in [0.25, 0.3) is 0 Å². The van der Waals surface area contributed by atoms with E-state index in [-0.39, 0.29) is 18.9 Å². The fourth-order valence-electron chi connectivity index (χ4n) is 4.22. The van der Waals surface area contributed by atoms with E-state index in [1.807, 2.05) is 63.2 Å². The number of ether oxygens (including phenoxy) is 1. The number of rotatable bonds is 11. The standard InChI is InChI=1S/C30H36BrN3O5S/c1-30(2,3)32-29(36)27(19-22-12-7-6-8-13-22)33(20-23-14-11-15-24(18-23)39-4)28(35)21-34(40(5,37)38)26-17-10-9-16-25(26)31/h6-18,27H,19-21H2,1-5H3,(H,32,36)/t27-/m0/s1. The Bertz CT molecular complexity index is 1420. The van der Waals surface area contributed by atoms with Crippen LogP contribution >= 0.6 is 15.9 Å². The molecule has 2 amide bonds. The van der Waals surface area contributed by atoms with Crippen LogP contribution in [0.4, 0.5) is 5.69 Å². The third-order valence-electron chi connectivity index (χ3n) is 6.06. The normalized spacial score (nSPS) is 12.3. The molecule has 3 aromatic rings. The zero-order valence-corrected chi connectivity index (χ0v) is 25.8. The molecule has 0 fully saturated rings. The summed E-state index contributed by atoms with van der Waals surface area (Å²) in [5.74, 6) is -0.247. The van der Waals surface area contributed by atoms with Crippen molar-refractivity contribution in [3.05, 3.63) is 94.5 Å². The zero-order valence-electron chi connectivity index (χ0n) is 23.4. The average molecular weight is 631 g/mol. The first kappa shape index (κ1) is 31.2. The molecule has 0 radical (unpaired) electrons. The molecule has 0 aliphatic carbocycles. The van der Waals surface area contributed by atoms with Crippen LogP contribution in [-0.4, -0.2) is 56.6 Å². The first-order valence-corrected chi connectivity index (χ1v) is 15.4. The van der Waals surface area contributed by atoms with Crippen LogP contribution in [0.2, 0.25) is 0 Å². The van der Waals surface area contributed by atoms with Gasteiger partial charge >= 0.3 is 0 Å². The maximum Gasteiger partial charge on any atom is 0.244 e. The maximum atomic E-state index is 14.1. The molecule has 0 aliphatic heterocycles. The van der Waals surface area contributed by atoms with Crippen molar-refractivity contribution in [3.8, 4) is 5.75 Å². The summed E-state index contributed by atoms with van der Waals surface area (Å²) in [4.78, 5) is 29.4. The molecular weight excluding hydrogens is 594 g/mol. The monoisotopic (exact) mass is 629 g/mol. The Balaban J connectivity index is 2.10.